The summed E-state index contributed by atoms with van der Waals surface area (Å²) in [5, 5.41) is 5.48. The molecule has 0 aliphatic carbocycles. The van der Waals surface area contributed by atoms with Crippen molar-refractivity contribution in [1.29, 1.82) is 0 Å². The Labute approximate surface area is 161 Å². The Kier molecular flexibility index (Phi) is 11.9. The highest BCUT2D eigenvalue weighted by molar-refractivity contribution is 7.09. The number of benzene rings is 1. The van der Waals surface area contributed by atoms with Crippen molar-refractivity contribution in [3.05, 3.63) is 46.2 Å². The van der Waals surface area contributed by atoms with E-state index in [-0.39, 0.29) is 24.8 Å². The first-order valence-electron chi connectivity index (χ1n) is 7.36. The van der Waals surface area contributed by atoms with E-state index in [1.807, 2.05) is 18.2 Å². The molecule has 0 saturated carbocycles. The summed E-state index contributed by atoms with van der Waals surface area (Å²) >= 11 is 1.69. The van der Waals surface area contributed by atoms with Gasteiger partial charge in [0, 0.05) is 24.5 Å². The second-order valence-corrected chi connectivity index (χ2v) is 6.37. The van der Waals surface area contributed by atoms with Crippen LogP contribution in [-0.2, 0) is 13.2 Å². The Balaban J connectivity index is 0.00000264. The number of likely N-dealkylation sites (N-methyl/N-ethyl adjacent to an activating group) is 1. The first-order chi connectivity index (χ1) is 10.7. The number of nitrogens with zero attached hydrogens (tertiary/aromatic N) is 1. The normalized spacial score (nSPS) is 10.0. The second-order valence-electron chi connectivity index (χ2n) is 5.33. The van der Waals surface area contributed by atoms with Crippen LogP contribution in [0.5, 0.6) is 11.5 Å². The van der Waals surface area contributed by atoms with Crippen molar-refractivity contribution in [1.82, 2.24) is 10.2 Å². The summed E-state index contributed by atoms with van der Waals surface area (Å²) in [7, 11) is 5.82. The van der Waals surface area contributed by atoms with Gasteiger partial charge in [0.05, 0.1) is 7.11 Å². The standard InChI is InChI=1S/C17H24N2O2S.2ClH/c1-19(2)9-8-18-12-14-6-7-16(17(11-14)20-3)21-13-15-5-4-10-22-15;;/h4-7,10-11,18H,8-9,12-13H2,1-3H3;2*1H/p-2. The fourth-order valence-electron chi connectivity index (χ4n) is 2.02. The molecule has 1 aromatic heterocycles. The molecule has 0 unspecified atom stereocenters. The Bertz CT molecular complexity index is 566. The van der Waals surface area contributed by atoms with Crippen molar-refractivity contribution in [2.75, 3.05) is 34.3 Å². The lowest BCUT2D eigenvalue weighted by atomic mass is 10.2. The smallest absolute Gasteiger partial charge is 0.161 e. The van der Waals surface area contributed by atoms with E-state index < -0.39 is 0 Å². The van der Waals surface area contributed by atoms with Crippen molar-refractivity contribution in [3.8, 4) is 11.5 Å². The number of halogens is 2. The van der Waals surface area contributed by atoms with E-state index in [1.165, 1.54) is 10.4 Å². The van der Waals surface area contributed by atoms with Gasteiger partial charge < -0.3 is 44.5 Å². The third kappa shape index (κ3) is 7.73. The highest BCUT2D eigenvalue weighted by Gasteiger charge is 2.06. The Morgan fingerprint density at radius 2 is 1.92 bits per heavy atom. The number of nitrogens with one attached hydrogen (secondary N) is 1. The molecule has 4 nitrogen and oxygen atoms in total. The average molecular weight is 391 g/mol. The van der Waals surface area contributed by atoms with Gasteiger partial charge >= 0.3 is 0 Å². The van der Waals surface area contributed by atoms with E-state index in [1.54, 1.807) is 18.4 Å². The van der Waals surface area contributed by atoms with Gasteiger partial charge in [-0.2, -0.15) is 0 Å². The lowest BCUT2D eigenvalue weighted by molar-refractivity contribution is -0.001000. The largest absolute Gasteiger partial charge is 1.00 e. The highest BCUT2D eigenvalue weighted by Crippen LogP contribution is 2.29. The summed E-state index contributed by atoms with van der Waals surface area (Å²) in [6.45, 7) is 3.40. The summed E-state index contributed by atoms with van der Waals surface area (Å²) in [6.07, 6.45) is 0. The van der Waals surface area contributed by atoms with Gasteiger partial charge in [0.25, 0.3) is 0 Å². The molecule has 1 heterocycles. The Hall–Kier alpha value is -0.980. The number of rotatable bonds is 9. The third-order valence-electron chi connectivity index (χ3n) is 3.24. The molecule has 0 radical (unpaired) electrons. The van der Waals surface area contributed by atoms with Crippen molar-refractivity contribution in [3.63, 3.8) is 0 Å². The van der Waals surface area contributed by atoms with Crippen molar-refractivity contribution in [2.24, 2.45) is 0 Å². The van der Waals surface area contributed by atoms with Gasteiger partial charge in [0.1, 0.15) is 6.61 Å². The van der Waals surface area contributed by atoms with Crippen LogP contribution >= 0.6 is 11.3 Å². The molecule has 7 heteroatoms. The number of ether oxygens (including phenoxy) is 2. The maximum absolute atomic E-state index is 5.84. The quantitative estimate of drug-likeness (QED) is 0.462. The predicted molar refractivity (Wildman–Crippen MR) is 91.9 cm³/mol. The Morgan fingerprint density at radius 3 is 2.54 bits per heavy atom. The van der Waals surface area contributed by atoms with Crippen molar-refractivity contribution >= 4 is 11.3 Å². The van der Waals surface area contributed by atoms with Gasteiger partial charge in [-0.05, 0) is 43.2 Å². The van der Waals surface area contributed by atoms with Gasteiger partial charge in [-0.1, -0.05) is 12.1 Å². The third-order valence-corrected chi connectivity index (χ3v) is 4.09. The predicted octanol–water partition coefficient (Wildman–Crippen LogP) is -3.01. The summed E-state index contributed by atoms with van der Waals surface area (Å²) in [5.41, 5.74) is 1.19. The van der Waals surface area contributed by atoms with E-state index in [9.17, 15) is 0 Å². The molecule has 0 aliphatic heterocycles. The molecular formula is C17H24Cl2N2O2S-2. The van der Waals surface area contributed by atoms with Crippen LogP contribution in [-0.4, -0.2) is 39.2 Å². The average Bonchev–Trinajstić information content (AvgIpc) is 3.03. The first kappa shape index (κ1) is 23.0. The molecule has 2 aromatic rings. The molecule has 0 amide bonds. The molecule has 1 aromatic carbocycles. The van der Waals surface area contributed by atoms with Crippen molar-refractivity contribution < 1.29 is 34.3 Å². The van der Waals surface area contributed by atoms with Gasteiger partial charge in [0.15, 0.2) is 11.5 Å². The summed E-state index contributed by atoms with van der Waals surface area (Å²) in [4.78, 5) is 3.37. The molecule has 0 bridgehead atoms. The van der Waals surface area contributed by atoms with E-state index in [0.717, 1.165) is 31.1 Å². The molecule has 0 aliphatic rings. The van der Waals surface area contributed by atoms with Gasteiger partial charge in [-0.25, -0.2) is 0 Å². The minimum Gasteiger partial charge on any atom is -1.00 e. The van der Waals surface area contributed by atoms with E-state index >= 15 is 0 Å². The number of thiophene rings is 1. The molecule has 24 heavy (non-hydrogen) atoms. The monoisotopic (exact) mass is 390 g/mol. The molecule has 1 N–H and O–H groups in total. The zero-order chi connectivity index (χ0) is 15.8. The molecule has 0 saturated heterocycles. The zero-order valence-electron chi connectivity index (χ0n) is 14.2. The number of hydrogen-bond donors (Lipinski definition) is 1. The zero-order valence-corrected chi connectivity index (χ0v) is 16.5. The molecule has 2 rings (SSSR count). The van der Waals surface area contributed by atoms with Crippen molar-refractivity contribution in [2.45, 2.75) is 13.2 Å². The van der Waals surface area contributed by atoms with E-state index in [2.05, 4.69) is 41.8 Å². The maximum Gasteiger partial charge on any atom is 0.161 e. The molecular weight excluding hydrogens is 367 g/mol. The molecule has 0 spiro atoms. The van der Waals surface area contributed by atoms with Gasteiger partial charge in [0.2, 0.25) is 0 Å². The lowest BCUT2D eigenvalue weighted by Crippen LogP contribution is -3.00. The Morgan fingerprint density at radius 1 is 1.12 bits per heavy atom. The molecule has 0 atom stereocenters. The van der Waals surface area contributed by atoms with Crippen LogP contribution in [0.25, 0.3) is 0 Å². The van der Waals surface area contributed by atoms with Crippen LogP contribution in [0.15, 0.2) is 35.7 Å². The number of hydrogen-bond acceptors (Lipinski definition) is 5. The van der Waals surface area contributed by atoms with Crippen LogP contribution < -0.4 is 39.6 Å². The van der Waals surface area contributed by atoms with Gasteiger partial charge in [-0.3, -0.25) is 0 Å². The van der Waals surface area contributed by atoms with Crippen LogP contribution in [0.3, 0.4) is 0 Å². The second kappa shape index (κ2) is 12.4. The topological polar surface area (TPSA) is 33.7 Å². The van der Waals surface area contributed by atoms with Crippen LogP contribution in [0, 0.1) is 0 Å². The molecule has 136 valence electrons. The maximum atomic E-state index is 5.84. The fourth-order valence-corrected chi connectivity index (χ4v) is 2.64. The molecule has 0 fully saturated rings. The summed E-state index contributed by atoms with van der Waals surface area (Å²) in [6, 6.07) is 10.2. The highest BCUT2D eigenvalue weighted by atomic mass is 35.5. The van der Waals surface area contributed by atoms with Crippen LogP contribution in [0.2, 0.25) is 0 Å². The van der Waals surface area contributed by atoms with Crippen LogP contribution in [0.1, 0.15) is 10.4 Å². The minimum absolute atomic E-state index is 0. The van der Waals surface area contributed by atoms with E-state index in [0.29, 0.717) is 6.61 Å². The summed E-state index contributed by atoms with van der Waals surface area (Å²) in [5.74, 6) is 1.57. The fraction of sp³-hybridized carbons (Fsp3) is 0.412. The van der Waals surface area contributed by atoms with Crippen LogP contribution in [0.4, 0.5) is 0 Å². The SMILES string of the molecule is COc1cc(CNCCN(C)C)ccc1OCc1cccs1.[Cl-].[Cl-]. The van der Waals surface area contributed by atoms with E-state index in [4.69, 9.17) is 9.47 Å². The van der Waals surface area contributed by atoms with Gasteiger partial charge in [-0.15, -0.1) is 11.3 Å². The minimum atomic E-state index is 0. The summed E-state index contributed by atoms with van der Waals surface area (Å²) < 4.78 is 11.3. The first-order valence-corrected chi connectivity index (χ1v) is 8.24. The number of methoxy groups -OCH3 is 1. The lowest BCUT2D eigenvalue weighted by Gasteiger charge is -2.13.